The number of rotatable bonds is 1. The molecule has 1 aromatic carbocycles. The Morgan fingerprint density at radius 3 is 2.10 bits per heavy atom. The Bertz CT molecular complexity index is 555. The van der Waals surface area contributed by atoms with E-state index < -0.39 is 0 Å². The molecule has 0 radical (unpaired) electrons. The lowest BCUT2D eigenvalue weighted by atomic mass is 9.65. The smallest absolute Gasteiger partial charge is 0.169 e. The minimum atomic E-state index is -0.205. The van der Waals surface area contributed by atoms with Crippen LogP contribution in [0.25, 0.3) is 0 Å². The molecule has 3 aliphatic carbocycles. The van der Waals surface area contributed by atoms with Gasteiger partial charge in [-0.15, -0.1) is 0 Å². The SMILES string of the molecule is CC.COc1cc2c(cc1Cl)C1(C)CCC(C)(CC1)C2=O. The lowest BCUT2D eigenvalue weighted by Crippen LogP contribution is -2.33. The van der Waals surface area contributed by atoms with E-state index in [4.69, 9.17) is 16.3 Å². The normalized spacial score (nSPS) is 30.1. The summed E-state index contributed by atoms with van der Waals surface area (Å²) in [6, 6.07) is 3.79. The Morgan fingerprint density at radius 1 is 1.05 bits per heavy atom. The van der Waals surface area contributed by atoms with Crippen molar-refractivity contribution in [3.05, 3.63) is 28.3 Å². The zero-order valence-corrected chi connectivity index (χ0v) is 14.4. The molecule has 0 N–H and O–H groups in total. The molecule has 116 valence electrons. The summed E-state index contributed by atoms with van der Waals surface area (Å²) in [7, 11) is 1.59. The van der Waals surface area contributed by atoms with Gasteiger partial charge in [-0.05, 0) is 48.8 Å². The third-order valence-electron chi connectivity index (χ3n) is 5.19. The molecule has 0 amide bonds. The van der Waals surface area contributed by atoms with Crippen LogP contribution in [0.15, 0.2) is 12.1 Å². The number of Topliss-reactive ketones (excluding diaryl/α,β-unsaturated/α-hetero) is 1. The molecule has 0 unspecified atom stereocenters. The number of ketones is 1. The third kappa shape index (κ3) is 2.48. The number of methoxy groups -OCH3 is 1. The van der Waals surface area contributed by atoms with Crippen LogP contribution in [0.3, 0.4) is 0 Å². The van der Waals surface area contributed by atoms with Crippen molar-refractivity contribution in [1.82, 2.24) is 0 Å². The summed E-state index contributed by atoms with van der Waals surface area (Å²) in [5, 5.41) is 0.603. The highest BCUT2D eigenvalue weighted by atomic mass is 35.5. The van der Waals surface area contributed by atoms with E-state index in [0.29, 0.717) is 10.8 Å². The van der Waals surface area contributed by atoms with Crippen LogP contribution in [-0.2, 0) is 5.41 Å². The van der Waals surface area contributed by atoms with Gasteiger partial charge in [0.05, 0.1) is 12.1 Å². The number of ether oxygens (including phenoxy) is 1. The Morgan fingerprint density at radius 2 is 1.57 bits per heavy atom. The van der Waals surface area contributed by atoms with E-state index in [9.17, 15) is 4.79 Å². The summed E-state index contributed by atoms with van der Waals surface area (Å²) in [4.78, 5) is 12.8. The highest BCUT2D eigenvalue weighted by Gasteiger charge is 2.48. The van der Waals surface area contributed by atoms with Gasteiger partial charge in [0.25, 0.3) is 0 Å². The Kier molecular flexibility index (Phi) is 4.39. The van der Waals surface area contributed by atoms with Crippen LogP contribution in [0.2, 0.25) is 5.02 Å². The van der Waals surface area contributed by atoms with Crippen molar-refractivity contribution in [2.45, 2.75) is 58.8 Å². The van der Waals surface area contributed by atoms with E-state index in [2.05, 4.69) is 13.8 Å². The maximum atomic E-state index is 12.8. The predicted molar refractivity (Wildman–Crippen MR) is 87.6 cm³/mol. The average molecular weight is 309 g/mol. The summed E-state index contributed by atoms with van der Waals surface area (Å²) in [6.07, 6.45) is 4.06. The first kappa shape index (κ1) is 16.4. The molecule has 0 spiro atoms. The Balaban J connectivity index is 0.000000774. The molecular formula is C18H25ClO2. The fraction of sp³-hybridized carbons (Fsp3) is 0.611. The van der Waals surface area contributed by atoms with E-state index in [1.54, 1.807) is 7.11 Å². The van der Waals surface area contributed by atoms with Gasteiger partial charge in [0.2, 0.25) is 0 Å². The molecular weight excluding hydrogens is 284 g/mol. The fourth-order valence-corrected chi connectivity index (χ4v) is 3.81. The van der Waals surface area contributed by atoms with Gasteiger partial charge in [-0.25, -0.2) is 0 Å². The second-order valence-corrected chi connectivity index (χ2v) is 6.89. The molecule has 3 heteroatoms. The van der Waals surface area contributed by atoms with Gasteiger partial charge in [0, 0.05) is 11.0 Å². The topological polar surface area (TPSA) is 26.3 Å². The van der Waals surface area contributed by atoms with Gasteiger partial charge in [-0.3, -0.25) is 4.79 Å². The lowest BCUT2D eigenvalue weighted by molar-refractivity contribution is 0.0731. The zero-order valence-electron chi connectivity index (χ0n) is 13.7. The van der Waals surface area contributed by atoms with Gasteiger partial charge in [0.1, 0.15) is 5.75 Å². The first-order valence-electron chi connectivity index (χ1n) is 7.82. The zero-order chi connectivity index (χ0) is 15.8. The van der Waals surface area contributed by atoms with Crippen molar-refractivity contribution in [2.24, 2.45) is 5.41 Å². The maximum Gasteiger partial charge on any atom is 0.169 e. The van der Waals surface area contributed by atoms with Gasteiger partial charge in [0.15, 0.2) is 5.78 Å². The molecule has 1 aromatic rings. The number of carbonyl (C=O) groups is 1. The molecule has 0 aliphatic heterocycles. The number of halogens is 1. The molecule has 1 fully saturated rings. The van der Waals surface area contributed by atoms with Crippen LogP contribution >= 0.6 is 11.6 Å². The van der Waals surface area contributed by atoms with E-state index in [1.165, 1.54) is 0 Å². The molecule has 0 atom stereocenters. The largest absolute Gasteiger partial charge is 0.495 e. The van der Waals surface area contributed by atoms with Gasteiger partial charge < -0.3 is 4.74 Å². The van der Waals surface area contributed by atoms with Crippen LogP contribution in [0.4, 0.5) is 0 Å². The number of fused-ring (bicyclic) bond motifs is 2. The van der Waals surface area contributed by atoms with E-state index >= 15 is 0 Å². The van der Waals surface area contributed by atoms with E-state index in [1.807, 2.05) is 26.0 Å². The third-order valence-corrected chi connectivity index (χ3v) is 5.49. The molecule has 2 bridgehead atoms. The molecule has 0 saturated heterocycles. The molecule has 0 aromatic heterocycles. The summed E-state index contributed by atoms with van der Waals surface area (Å²) in [5.74, 6) is 0.862. The van der Waals surface area contributed by atoms with Crippen LogP contribution in [0.5, 0.6) is 5.75 Å². The monoisotopic (exact) mass is 308 g/mol. The van der Waals surface area contributed by atoms with Crippen LogP contribution < -0.4 is 4.74 Å². The summed E-state index contributed by atoms with van der Waals surface area (Å²) >= 11 is 6.26. The second kappa shape index (κ2) is 5.64. The van der Waals surface area contributed by atoms with Crippen LogP contribution in [0, 0.1) is 5.41 Å². The minimum absolute atomic E-state index is 0.0803. The summed E-state index contributed by atoms with van der Waals surface area (Å²) < 4.78 is 5.27. The highest BCUT2D eigenvalue weighted by Crippen LogP contribution is 2.54. The van der Waals surface area contributed by atoms with Gasteiger partial charge >= 0.3 is 0 Å². The van der Waals surface area contributed by atoms with Crippen LogP contribution in [-0.4, -0.2) is 12.9 Å². The molecule has 0 heterocycles. The fourth-order valence-electron chi connectivity index (χ4n) is 3.57. The Hall–Kier alpha value is -1.02. The average Bonchev–Trinajstić information content (AvgIpc) is 2.63. The number of hydrogen-bond acceptors (Lipinski definition) is 2. The van der Waals surface area contributed by atoms with Gasteiger partial charge in [-0.1, -0.05) is 39.3 Å². The first-order valence-corrected chi connectivity index (χ1v) is 8.20. The number of benzene rings is 1. The van der Waals surface area contributed by atoms with E-state index in [-0.39, 0.29) is 16.6 Å². The number of carbonyl (C=O) groups excluding carboxylic acids is 1. The summed E-state index contributed by atoms with van der Waals surface area (Å²) in [5.41, 5.74) is 1.81. The molecule has 21 heavy (non-hydrogen) atoms. The highest BCUT2D eigenvalue weighted by molar-refractivity contribution is 6.32. The van der Waals surface area contributed by atoms with Crippen molar-refractivity contribution in [2.75, 3.05) is 7.11 Å². The first-order chi connectivity index (χ1) is 9.89. The van der Waals surface area contributed by atoms with Crippen molar-refractivity contribution in [3.63, 3.8) is 0 Å². The van der Waals surface area contributed by atoms with Crippen molar-refractivity contribution >= 4 is 17.4 Å². The van der Waals surface area contributed by atoms with Crippen molar-refractivity contribution in [1.29, 1.82) is 0 Å². The Labute approximate surface area is 132 Å². The molecule has 4 rings (SSSR count). The number of hydrogen-bond donors (Lipinski definition) is 0. The quantitative estimate of drug-likeness (QED) is 0.693. The molecule has 1 saturated carbocycles. The predicted octanol–water partition coefficient (Wildman–Crippen LogP) is 5.41. The lowest BCUT2D eigenvalue weighted by Gasteiger charge is -2.38. The molecule has 3 aliphatic rings. The standard InChI is InChI=1S/C16H19ClO2.C2H6/c1-15-4-6-16(2,7-5-15)14(18)10-8-13(19-3)12(17)9-11(10)15;1-2/h8-9H,4-7H2,1-3H3;1-2H3. The van der Waals surface area contributed by atoms with Gasteiger partial charge in [-0.2, -0.15) is 0 Å². The maximum absolute atomic E-state index is 12.8. The minimum Gasteiger partial charge on any atom is -0.495 e. The summed E-state index contributed by atoms with van der Waals surface area (Å²) in [6.45, 7) is 8.36. The molecule has 2 nitrogen and oxygen atoms in total. The van der Waals surface area contributed by atoms with E-state index in [0.717, 1.165) is 36.8 Å². The van der Waals surface area contributed by atoms with Crippen LogP contribution in [0.1, 0.15) is 69.3 Å². The van der Waals surface area contributed by atoms with Crippen molar-refractivity contribution < 1.29 is 9.53 Å². The second-order valence-electron chi connectivity index (χ2n) is 6.48. The van der Waals surface area contributed by atoms with Crippen molar-refractivity contribution in [3.8, 4) is 5.75 Å².